The molecule has 0 bridgehead atoms. The number of hydrogen-bond acceptors (Lipinski definition) is 2. The van der Waals surface area contributed by atoms with Crippen molar-refractivity contribution in [2.24, 2.45) is 0 Å². The molecule has 0 atom stereocenters. The fraction of sp³-hybridized carbons (Fsp3) is 0.971. The van der Waals surface area contributed by atoms with Crippen LogP contribution in [0.4, 0.5) is 0 Å². The van der Waals surface area contributed by atoms with Gasteiger partial charge >= 0.3 is 216 Å². The molecule has 0 spiro atoms. The molecule has 0 aliphatic heterocycles. The molecule has 0 rings (SSSR count). The third kappa shape index (κ3) is 32.1. The second kappa shape index (κ2) is 32.2. The fourth-order valence-electron chi connectivity index (χ4n) is 5.58. The van der Waals surface area contributed by atoms with Gasteiger partial charge in [-0.15, -0.1) is 0 Å². The summed E-state index contributed by atoms with van der Waals surface area (Å²) in [5.41, 5.74) is 0. The van der Waals surface area contributed by atoms with Crippen molar-refractivity contribution in [2.75, 3.05) is 0 Å². The maximum atomic E-state index is 8.89. The molecule has 0 saturated heterocycles. The molecular formula is C34H71AsO2. The Morgan fingerprint density at radius 2 is 0.568 bits per heavy atom. The quantitative estimate of drug-likeness (QED) is 0.0676. The van der Waals surface area contributed by atoms with E-state index in [2.05, 4.69) is 27.7 Å². The van der Waals surface area contributed by atoms with Crippen molar-refractivity contribution in [1.29, 1.82) is 0 Å². The molecule has 37 heavy (non-hydrogen) atoms. The van der Waals surface area contributed by atoms with Gasteiger partial charge in [0.25, 0.3) is 0 Å². The summed E-state index contributed by atoms with van der Waals surface area (Å²) in [5, 5.41) is 15.7. The van der Waals surface area contributed by atoms with E-state index in [0.29, 0.717) is 0 Å². The molecule has 0 aliphatic rings. The molecule has 0 aromatic carbocycles. The molecule has 0 amide bonds. The Morgan fingerprint density at radius 1 is 0.405 bits per heavy atom. The van der Waals surface area contributed by atoms with Gasteiger partial charge in [-0.3, -0.25) is 0 Å². The molecule has 0 aromatic rings. The average molecular weight is 587 g/mol. The van der Waals surface area contributed by atoms with E-state index >= 15 is 0 Å². The number of unbranched alkanes of at least 4 members (excludes halogenated alkanes) is 20. The maximum absolute atomic E-state index is 8.89. The van der Waals surface area contributed by atoms with Crippen molar-refractivity contribution >= 4 is 19.5 Å². The Balaban J connectivity index is 0. The second-order valence-electron chi connectivity index (χ2n) is 11.8. The van der Waals surface area contributed by atoms with Gasteiger partial charge in [-0.2, -0.15) is 0 Å². The van der Waals surface area contributed by atoms with Gasteiger partial charge in [-0.25, -0.2) is 0 Å². The van der Waals surface area contributed by atoms with Crippen LogP contribution in [0.3, 0.4) is 0 Å². The van der Waals surface area contributed by atoms with Crippen molar-refractivity contribution < 1.29 is 9.90 Å². The summed E-state index contributed by atoms with van der Waals surface area (Å²) in [4.78, 5) is 8.89. The molecule has 0 aromatic heterocycles. The van der Waals surface area contributed by atoms with Crippen LogP contribution in [0.1, 0.15) is 189 Å². The van der Waals surface area contributed by atoms with Crippen LogP contribution in [-0.2, 0) is 4.79 Å². The van der Waals surface area contributed by atoms with Gasteiger partial charge in [0.05, 0.1) is 0 Å². The van der Waals surface area contributed by atoms with E-state index in [4.69, 9.17) is 9.90 Å². The molecule has 3 heteroatoms. The Kier molecular flexibility index (Phi) is 34.1. The molecular weight excluding hydrogens is 515 g/mol. The summed E-state index contributed by atoms with van der Waals surface area (Å²) in [7, 11) is 0. The average Bonchev–Trinajstić information content (AvgIpc) is 2.87. The second-order valence-corrected chi connectivity index (χ2v) is 21.2. The molecule has 0 aliphatic carbocycles. The monoisotopic (exact) mass is 586 g/mol. The molecule has 2 nitrogen and oxygen atoms in total. The van der Waals surface area contributed by atoms with Gasteiger partial charge in [0.15, 0.2) is 0 Å². The van der Waals surface area contributed by atoms with Gasteiger partial charge in [0.1, 0.15) is 0 Å². The van der Waals surface area contributed by atoms with Crippen molar-refractivity contribution in [3.8, 4) is 0 Å². The summed E-state index contributed by atoms with van der Waals surface area (Å²) >= 11 is -1.49. The topological polar surface area (TPSA) is 40.1 Å². The minimum atomic E-state index is -1.49. The molecule has 0 radical (unpaired) electrons. The van der Waals surface area contributed by atoms with Gasteiger partial charge in [-0.05, 0) is 6.92 Å². The Hall–Kier alpha value is 0.0284. The number of carbonyl (C=O) groups is 1. The van der Waals surface area contributed by atoms with Crippen molar-refractivity contribution in [3.63, 3.8) is 0 Å². The van der Waals surface area contributed by atoms with Crippen LogP contribution in [0, 0.1) is 0 Å². The first-order valence-corrected chi connectivity index (χ1v) is 22.3. The Morgan fingerprint density at radius 3 is 0.757 bits per heavy atom. The molecule has 0 unspecified atom stereocenters. The Labute approximate surface area is 238 Å². The summed E-state index contributed by atoms with van der Waals surface area (Å²) in [6.07, 6.45) is 35.8. The predicted octanol–water partition coefficient (Wildman–Crippen LogP) is 11.6. The zero-order valence-corrected chi connectivity index (χ0v) is 28.4. The normalized spacial score (nSPS) is 11.4. The fourth-order valence-corrected chi connectivity index (χ4v) is 15.9. The van der Waals surface area contributed by atoms with Crippen LogP contribution >= 0.6 is 0 Å². The molecule has 0 heterocycles. The number of rotatable bonds is 28. The van der Waals surface area contributed by atoms with Gasteiger partial charge in [0, 0.05) is 5.97 Å². The van der Waals surface area contributed by atoms with Crippen molar-refractivity contribution in [3.05, 3.63) is 0 Å². The summed E-state index contributed by atoms with van der Waals surface area (Å²) in [5.74, 6) is -1.08. The molecule has 0 N–H and O–H groups in total. The SMILES string of the molecule is CC(=O)[O-].CCCCCCCC[As+](CCCCCCCC)(CCCCCCCC)CCCCCCCC. The van der Waals surface area contributed by atoms with Gasteiger partial charge in [0.2, 0.25) is 0 Å². The van der Waals surface area contributed by atoms with E-state index in [1.165, 1.54) is 128 Å². The van der Waals surface area contributed by atoms with Crippen molar-refractivity contribution in [1.82, 2.24) is 0 Å². The van der Waals surface area contributed by atoms with Crippen LogP contribution < -0.4 is 5.11 Å². The summed E-state index contributed by atoms with van der Waals surface area (Å²) in [6, 6.07) is 0. The number of carbonyl (C=O) groups excluding carboxylic acids is 1. The van der Waals surface area contributed by atoms with E-state index in [1.54, 1.807) is 46.5 Å². The van der Waals surface area contributed by atoms with Gasteiger partial charge < -0.3 is 9.90 Å². The minimum absolute atomic E-state index is 0.972. The number of carboxylic acids is 1. The first-order chi connectivity index (χ1) is 18.0. The van der Waals surface area contributed by atoms with E-state index in [0.717, 1.165) is 6.92 Å². The third-order valence-corrected chi connectivity index (χ3v) is 18.6. The molecule has 224 valence electrons. The van der Waals surface area contributed by atoms with E-state index in [-0.39, 0.29) is 0 Å². The van der Waals surface area contributed by atoms with Crippen LogP contribution in [0.5, 0.6) is 0 Å². The number of carboxylic acid groups (broad SMARTS) is 1. The first kappa shape index (κ1) is 39.2. The number of hydrogen-bond donors (Lipinski definition) is 0. The molecule has 0 saturated carbocycles. The van der Waals surface area contributed by atoms with Crippen LogP contribution in [-0.4, -0.2) is 19.5 Å². The standard InChI is InChI=1S/C32H68As.C2H4O2/c1-5-9-13-17-21-25-29-33(30-26-22-18-14-10-6-2,31-27-23-19-15-11-7-3)32-28-24-20-16-12-8-4;1-2(3)4/h5-32H2,1-4H3;1H3,(H,3,4)/q+1;/p-1. The number of aliphatic carboxylic acids is 1. The van der Waals surface area contributed by atoms with Crippen LogP contribution in [0.15, 0.2) is 0 Å². The third-order valence-electron chi connectivity index (χ3n) is 7.94. The van der Waals surface area contributed by atoms with E-state index < -0.39 is 19.5 Å². The zero-order valence-electron chi connectivity index (χ0n) is 26.6. The van der Waals surface area contributed by atoms with Gasteiger partial charge in [-0.1, -0.05) is 0 Å². The molecule has 0 fully saturated rings. The Bertz CT molecular complexity index is 364. The van der Waals surface area contributed by atoms with E-state index in [1.807, 2.05) is 0 Å². The zero-order chi connectivity index (χ0) is 27.9. The van der Waals surface area contributed by atoms with Crippen molar-refractivity contribution in [2.45, 2.75) is 210 Å². The van der Waals surface area contributed by atoms with Crippen LogP contribution in [0.25, 0.3) is 0 Å². The summed E-state index contributed by atoms with van der Waals surface area (Å²) in [6.45, 7) is 10.4. The predicted molar refractivity (Wildman–Crippen MR) is 169 cm³/mol. The van der Waals surface area contributed by atoms with E-state index in [9.17, 15) is 0 Å². The first-order valence-electron chi connectivity index (χ1n) is 17.0. The van der Waals surface area contributed by atoms with Crippen LogP contribution in [0.2, 0.25) is 20.8 Å². The summed E-state index contributed by atoms with van der Waals surface area (Å²) < 4.78 is 0.